The van der Waals surface area contributed by atoms with Crippen molar-refractivity contribution in [3.63, 3.8) is 0 Å². The fourth-order valence-electron chi connectivity index (χ4n) is 1.48. The van der Waals surface area contributed by atoms with E-state index in [-0.39, 0.29) is 17.2 Å². The molecule has 3 nitrogen and oxygen atoms in total. The molecule has 0 bridgehead atoms. The van der Waals surface area contributed by atoms with Crippen LogP contribution in [0.4, 0.5) is 0 Å². The number of nitrogens with two attached hydrogens (primary N) is 1. The largest absolute Gasteiger partial charge is 0.401 e. The Bertz CT molecular complexity index is 491. The summed E-state index contributed by atoms with van der Waals surface area (Å²) in [6, 6.07) is 9.91. The summed E-state index contributed by atoms with van der Waals surface area (Å²) in [6.07, 6.45) is 0. The zero-order chi connectivity index (χ0) is 13.5. The van der Waals surface area contributed by atoms with E-state index in [1.165, 1.54) is 22.9 Å². The average Bonchev–Trinajstić information content (AvgIpc) is 2.32. The number of ketones is 1. The standard InChI is InChI=1S/C14H16N2OS/c1-10-5-3-4-6-12(10)8-18-9-14(17)13(7-15)11(2)16/h3-6,13H,2,8-9,16H2,1H3/t13-/m0/s1. The second-order valence-electron chi connectivity index (χ2n) is 4.02. The number of rotatable bonds is 6. The third-order valence-corrected chi connectivity index (χ3v) is 3.59. The van der Waals surface area contributed by atoms with E-state index in [9.17, 15) is 4.79 Å². The topological polar surface area (TPSA) is 66.9 Å². The van der Waals surface area contributed by atoms with Crippen LogP contribution >= 0.6 is 11.8 Å². The van der Waals surface area contributed by atoms with E-state index >= 15 is 0 Å². The van der Waals surface area contributed by atoms with Gasteiger partial charge in [-0.1, -0.05) is 30.8 Å². The Kier molecular flexibility index (Phi) is 5.47. The van der Waals surface area contributed by atoms with Gasteiger partial charge in [-0.2, -0.15) is 5.26 Å². The van der Waals surface area contributed by atoms with Crippen molar-refractivity contribution in [1.82, 2.24) is 0 Å². The molecule has 1 aromatic carbocycles. The number of nitriles is 1. The number of nitrogens with zero attached hydrogens (tertiary/aromatic N) is 1. The van der Waals surface area contributed by atoms with E-state index in [0.717, 1.165) is 5.75 Å². The highest BCUT2D eigenvalue weighted by Crippen LogP contribution is 2.17. The van der Waals surface area contributed by atoms with E-state index in [1.54, 1.807) is 0 Å². The lowest BCUT2D eigenvalue weighted by Gasteiger charge is -2.08. The molecule has 94 valence electrons. The van der Waals surface area contributed by atoms with Crippen molar-refractivity contribution in [1.29, 1.82) is 5.26 Å². The normalized spacial score (nSPS) is 11.6. The molecule has 0 aliphatic carbocycles. The number of hydrogen-bond donors (Lipinski definition) is 1. The van der Waals surface area contributed by atoms with Crippen LogP contribution in [-0.2, 0) is 10.5 Å². The van der Waals surface area contributed by atoms with Gasteiger partial charge in [0.15, 0.2) is 5.78 Å². The molecular weight excluding hydrogens is 244 g/mol. The predicted molar refractivity (Wildman–Crippen MR) is 74.8 cm³/mol. The third kappa shape index (κ3) is 3.94. The van der Waals surface area contributed by atoms with Gasteiger partial charge in [-0.05, 0) is 18.1 Å². The first-order valence-corrected chi connectivity index (χ1v) is 6.70. The summed E-state index contributed by atoms with van der Waals surface area (Å²) < 4.78 is 0. The number of thioether (sulfide) groups is 1. The minimum Gasteiger partial charge on any atom is -0.401 e. The molecule has 0 unspecified atom stereocenters. The van der Waals surface area contributed by atoms with Gasteiger partial charge in [-0.15, -0.1) is 11.8 Å². The van der Waals surface area contributed by atoms with Crippen molar-refractivity contribution in [2.45, 2.75) is 12.7 Å². The van der Waals surface area contributed by atoms with Crippen LogP contribution in [0.3, 0.4) is 0 Å². The molecule has 18 heavy (non-hydrogen) atoms. The SMILES string of the molecule is C=C(N)[C@H](C#N)C(=O)CSCc1ccccc1C. The minimum absolute atomic E-state index is 0.124. The van der Waals surface area contributed by atoms with Crippen LogP contribution in [0.25, 0.3) is 0 Å². The highest BCUT2D eigenvalue weighted by atomic mass is 32.2. The number of Topliss-reactive ketones (excluding diaryl/α,β-unsaturated/α-hetero) is 1. The Hall–Kier alpha value is -1.73. The predicted octanol–water partition coefficient (Wildman–Crippen LogP) is 2.41. The zero-order valence-electron chi connectivity index (χ0n) is 10.3. The van der Waals surface area contributed by atoms with Crippen molar-refractivity contribution in [2.24, 2.45) is 11.7 Å². The summed E-state index contributed by atoms with van der Waals surface area (Å²) in [5.41, 5.74) is 7.94. The van der Waals surface area contributed by atoms with E-state index in [1.807, 2.05) is 37.3 Å². The van der Waals surface area contributed by atoms with Gasteiger partial charge in [-0.3, -0.25) is 4.79 Å². The molecule has 0 aromatic heterocycles. The monoisotopic (exact) mass is 260 g/mol. The van der Waals surface area contributed by atoms with Gasteiger partial charge in [0.1, 0.15) is 5.92 Å². The van der Waals surface area contributed by atoms with Crippen LogP contribution in [-0.4, -0.2) is 11.5 Å². The maximum absolute atomic E-state index is 11.7. The molecule has 0 radical (unpaired) electrons. The Balaban J connectivity index is 2.48. The molecule has 2 N–H and O–H groups in total. The smallest absolute Gasteiger partial charge is 0.165 e. The molecule has 0 fully saturated rings. The number of allylic oxidation sites excluding steroid dienone is 1. The summed E-state index contributed by atoms with van der Waals surface area (Å²) in [5.74, 6) is -0.0194. The van der Waals surface area contributed by atoms with Gasteiger partial charge < -0.3 is 5.73 Å². The highest BCUT2D eigenvalue weighted by Gasteiger charge is 2.18. The Labute approximate surface area is 112 Å². The van der Waals surface area contributed by atoms with Crippen molar-refractivity contribution in [3.05, 3.63) is 47.7 Å². The fourth-order valence-corrected chi connectivity index (χ4v) is 2.49. The Morgan fingerprint density at radius 3 is 2.78 bits per heavy atom. The molecule has 0 saturated heterocycles. The molecule has 1 aromatic rings. The van der Waals surface area contributed by atoms with Crippen molar-refractivity contribution >= 4 is 17.5 Å². The zero-order valence-corrected chi connectivity index (χ0v) is 11.2. The van der Waals surface area contributed by atoms with Gasteiger partial charge in [0.05, 0.1) is 11.8 Å². The number of hydrogen-bond acceptors (Lipinski definition) is 4. The van der Waals surface area contributed by atoms with Gasteiger partial charge in [0.25, 0.3) is 0 Å². The lowest BCUT2D eigenvalue weighted by atomic mass is 10.1. The number of aryl methyl sites for hydroxylation is 1. The Morgan fingerprint density at radius 1 is 1.56 bits per heavy atom. The van der Waals surface area contributed by atoms with Gasteiger partial charge in [-0.25, -0.2) is 0 Å². The quantitative estimate of drug-likeness (QED) is 0.853. The second-order valence-corrected chi connectivity index (χ2v) is 5.01. The maximum Gasteiger partial charge on any atom is 0.165 e. The molecule has 0 aliphatic rings. The Morgan fingerprint density at radius 2 is 2.22 bits per heavy atom. The van der Waals surface area contributed by atoms with Gasteiger partial charge >= 0.3 is 0 Å². The third-order valence-electron chi connectivity index (χ3n) is 2.59. The van der Waals surface area contributed by atoms with Crippen molar-refractivity contribution in [3.8, 4) is 6.07 Å². The molecule has 0 amide bonds. The summed E-state index contributed by atoms with van der Waals surface area (Å²) in [7, 11) is 0. The summed E-state index contributed by atoms with van der Waals surface area (Å²) >= 11 is 1.49. The van der Waals surface area contributed by atoms with E-state index in [2.05, 4.69) is 6.58 Å². The van der Waals surface area contributed by atoms with E-state index < -0.39 is 5.92 Å². The van der Waals surface area contributed by atoms with Crippen LogP contribution < -0.4 is 5.73 Å². The maximum atomic E-state index is 11.7. The second kappa shape index (κ2) is 6.87. The van der Waals surface area contributed by atoms with Crippen LogP contribution in [0.15, 0.2) is 36.5 Å². The van der Waals surface area contributed by atoms with Crippen molar-refractivity contribution in [2.75, 3.05) is 5.75 Å². The fraction of sp³-hybridized carbons (Fsp3) is 0.286. The first kappa shape index (κ1) is 14.3. The van der Waals surface area contributed by atoms with Crippen LogP contribution in [0, 0.1) is 24.2 Å². The number of benzene rings is 1. The number of carbonyl (C=O) groups is 1. The average molecular weight is 260 g/mol. The lowest BCUT2D eigenvalue weighted by Crippen LogP contribution is -2.21. The van der Waals surface area contributed by atoms with Gasteiger partial charge in [0.2, 0.25) is 0 Å². The summed E-state index contributed by atoms with van der Waals surface area (Å²) in [5, 5.41) is 8.81. The van der Waals surface area contributed by atoms with Crippen molar-refractivity contribution < 1.29 is 4.79 Å². The highest BCUT2D eigenvalue weighted by molar-refractivity contribution is 7.99. The summed E-state index contributed by atoms with van der Waals surface area (Å²) in [6.45, 7) is 5.49. The lowest BCUT2D eigenvalue weighted by molar-refractivity contribution is -0.117. The summed E-state index contributed by atoms with van der Waals surface area (Å²) in [4.78, 5) is 11.7. The molecule has 0 spiro atoms. The minimum atomic E-state index is -0.880. The molecule has 1 atom stereocenters. The van der Waals surface area contributed by atoms with Gasteiger partial charge in [0, 0.05) is 11.4 Å². The number of carbonyl (C=O) groups excluding carboxylic acids is 1. The molecule has 0 saturated carbocycles. The molecule has 4 heteroatoms. The van der Waals surface area contributed by atoms with E-state index in [0.29, 0.717) is 0 Å². The molecule has 0 heterocycles. The van der Waals surface area contributed by atoms with Crippen LogP contribution in [0.5, 0.6) is 0 Å². The van der Waals surface area contributed by atoms with Crippen LogP contribution in [0.2, 0.25) is 0 Å². The molecular formula is C14H16N2OS. The van der Waals surface area contributed by atoms with Crippen LogP contribution in [0.1, 0.15) is 11.1 Å². The van der Waals surface area contributed by atoms with E-state index in [4.69, 9.17) is 11.0 Å². The molecule has 1 rings (SSSR count). The first-order valence-electron chi connectivity index (χ1n) is 5.55. The first-order chi connectivity index (χ1) is 8.56. The molecule has 0 aliphatic heterocycles.